The molecule has 1 aromatic carbocycles. The zero-order valence-corrected chi connectivity index (χ0v) is 14.4. The van der Waals surface area contributed by atoms with E-state index < -0.39 is 0 Å². The van der Waals surface area contributed by atoms with Gasteiger partial charge < -0.3 is 25.4 Å². The first-order chi connectivity index (χ1) is 12.0. The predicted molar refractivity (Wildman–Crippen MR) is 91.2 cm³/mol. The highest BCUT2D eigenvalue weighted by atomic mass is 16.7. The molecule has 0 saturated carbocycles. The first-order valence-electron chi connectivity index (χ1n) is 8.42. The summed E-state index contributed by atoms with van der Waals surface area (Å²) < 4.78 is 10.7. The lowest BCUT2D eigenvalue weighted by molar-refractivity contribution is -0.119. The summed E-state index contributed by atoms with van der Waals surface area (Å²) in [4.78, 5) is 27.0. The van der Waals surface area contributed by atoms with Crippen molar-refractivity contribution in [2.45, 2.75) is 25.4 Å². The van der Waals surface area contributed by atoms with E-state index in [1.807, 2.05) is 23.1 Å². The Morgan fingerprint density at radius 1 is 1.28 bits per heavy atom. The molecule has 136 valence electrons. The van der Waals surface area contributed by atoms with Gasteiger partial charge in [-0.1, -0.05) is 6.07 Å². The van der Waals surface area contributed by atoms with Crippen LogP contribution in [-0.2, 0) is 11.3 Å². The Balaban J connectivity index is 1.46. The van der Waals surface area contributed by atoms with Crippen molar-refractivity contribution in [1.29, 1.82) is 0 Å². The Morgan fingerprint density at radius 3 is 2.72 bits per heavy atom. The third-order valence-electron chi connectivity index (χ3n) is 4.50. The van der Waals surface area contributed by atoms with E-state index >= 15 is 0 Å². The summed E-state index contributed by atoms with van der Waals surface area (Å²) in [6.45, 7) is 2.54. The molecule has 3 rings (SSSR count). The molecule has 8 heteroatoms. The summed E-state index contributed by atoms with van der Waals surface area (Å²) in [5, 5.41) is 3.05. The maximum absolute atomic E-state index is 12.4. The minimum atomic E-state index is -0.314. The van der Waals surface area contributed by atoms with Crippen molar-refractivity contribution in [2.24, 2.45) is 5.73 Å². The average Bonchev–Trinajstić information content (AvgIpc) is 3.03. The lowest BCUT2D eigenvalue weighted by Crippen LogP contribution is -2.49. The van der Waals surface area contributed by atoms with Crippen LogP contribution in [0.4, 0.5) is 4.79 Å². The van der Waals surface area contributed by atoms with Gasteiger partial charge in [-0.05, 0) is 30.5 Å². The monoisotopic (exact) mass is 348 g/mol. The lowest BCUT2D eigenvalue weighted by Gasteiger charge is -2.32. The summed E-state index contributed by atoms with van der Waals surface area (Å²) >= 11 is 0. The van der Waals surface area contributed by atoms with Crippen LogP contribution in [0.2, 0.25) is 0 Å². The van der Waals surface area contributed by atoms with E-state index in [0.29, 0.717) is 12.3 Å². The highest BCUT2D eigenvalue weighted by Gasteiger charge is 2.23. The first kappa shape index (κ1) is 17.3. The Hall–Kier alpha value is -2.48. The smallest absolute Gasteiger partial charge is 0.317 e. The lowest BCUT2D eigenvalue weighted by atomic mass is 10.1. The summed E-state index contributed by atoms with van der Waals surface area (Å²) in [6.07, 6.45) is 1.63. The van der Waals surface area contributed by atoms with Crippen LogP contribution in [-0.4, -0.2) is 61.3 Å². The molecule has 1 fully saturated rings. The van der Waals surface area contributed by atoms with Gasteiger partial charge in [0, 0.05) is 32.7 Å². The van der Waals surface area contributed by atoms with Gasteiger partial charge >= 0.3 is 6.03 Å². The second-order valence-electron chi connectivity index (χ2n) is 6.51. The number of nitrogens with zero attached hydrogens (tertiary/aromatic N) is 2. The number of amides is 3. The maximum atomic E-state index is 12.4. The van der Waals surface area contributed by atoms with E-state index in [1.54, 1.807) is 11.9 Å². The number of primary amides is 1. The number of hydrogen-bond donors (Lipinski definition) is 2. The van der Waals surface area contributed by atoms with E-state index in [-0.39, 0.29) is 31.3 Å². The SMILES string of the molecule is CN(Cc1ccc2c(c1)OCO2)C(=O)NC1CCN(CC(N)=O)CC1. The van der Waals surface area contributed by atoms with Crippen LogP contribution in [0.25, 0.3) is 0 Å². The van der Waals surface area contributed by atoms with Crippen molar-refractivity contribution in [1.82, 2.24) is 15.1 Å². The molecule has 0 spiro atoms. The van der Waals surface area contributed by atoms with Gasteiger partial charge in [0.05, 0.1) is 6.54 Å². The zero-order valence-electron chi connectivity index (χ0n) is 14.4. The third kappa shape index (κ3) is 4.54. The van der Waals surface area contributed by atoms with Gasteiger partial charge in [0.25, 0.3) is 0 Å². The van der Waals surface area contributed by atoms with Crippen molar-refractivity contribution in [3.63, 3.8) is 0 Å². The number of carbonyl (C=O) groups excluding carboxylic acids is 2. The molecule has 0 radical (unpaired) electrons. The van der Waals surface area contributed by atoms with Gasteiger partial charge in [-0.2, -0.15) is 0 Å². The van der Waals surface area contributed by atoms with Gasteiger partial charge in [0.15, 0.2) is 11.5 Å². The van der Waals surface area contributed by atoms with Crippen LogP contribution < -0.4 is 20.5 Å². The van der Waals surface area contributed by atoms with Crippen LogP contribution in [0.5, 0.6) is 11.5 Å². The van der Waals surface area contributed by atoms with Gasteiger partial charge in [-0.3, -0.25) is 9.69 Å². The Bertz CT molecular complexity index is 644. The van der Waals surface area contributed by atoms with Crippen LogP contribution in [0.15, 0.2) is 18.2 Å². The van der Waals surface area contributed by atoms with Gasteiger partial charge in [0.2, 0.25) is 12.7 Å². The molecule has 3 N–H and O–H groups in total. The van der Waals surface area contributed by atoms with Crippen LogP contribution >= 0.6 is 0 Å². The van der Waals surface area contributed by atoms with E-state index in [4.69, 9.17) is 15.2 Å². The molecule has 0 atom stereocenters. The number of fused-ring (bicyclic) bond motifs is 1. The van der Waals surface area contributed by atoms with Gasteiger partial charge in [-0.15, -0.1) is 0 Å². The quantitative estimate of drug-likeness (QED) is 0.808. The zero-order chi connectivity index (χ0) is 17.8. The fourth-order valence-electron chi connectivity index (χ4n) is 3.13. The van der Waals surface area contributed by atoms with E-state index in [2.05, 4.69) is 5.32 Å². The summed E-state index contributed by atoms with van der Waals surface area (Å²) in [7, 11) is 1.77. The predicted octanol–water partition coefficient (Wildman–Crippen LogP) is 0.506. The topological polar surface area (TPSA) is 97.1 Å². The number of hydrogen-bond acceptors (Lipinski definition) is 5. The molecule has 1 saturated heterocycles. The number of rotatable bonds is 5. The largest absolute Gasteiger partial charge is 0.454 e. The molecule has 2 aliphatic heterocycles. The normalized spacial score (nSPS) is 17.3. The molecule has 25 heavy (non-hydrogen) atoms. The van der Waals surface area contributed by atoms with Gasteiger partial charge in [-0.25, -0.2) is 4.79 Å². The number of likely N-dealkylation sites (tertiary alicyclic amines) is 1. The minimum absolute atomic E-state index is 0.106. The number of nitrogens with one attached hydrogen (secondary N) is 1. The van der Waals surface area contributed by atoms with Crippen LogP contribution in [0.1, 0.15) is 18.4 Å². The van der Waals surface area contributed by atoms with Crippen molar-refractivity contribution in [3.8, 4) is 11.5 Å². The fourth-order valence-corrected chi connectivity index (χ4v) is 3.13. The second kappa shape index (κ2) is 7.60. The standard InChI is InChI=1S/C17H24N4O4/c1-20(9-12-2-3-14-15(8-12)25-11-24-14)17(23)19-13-4-6-21(7-5-13)10-16(18)22/h2-3,8,13H,4-7,9-11H2,1H3,(H2,18,22)(H,19,23). The van der Waals surface area contributed by atoms with Crippen molar-refractivity contribution >= 4 is 11.9 Å². The van der Waals surface area contributed by atoms with Crippen molar-refractivity contribution < 1.29 is 19.1 Å². The molecule has 0 unspecified atom stereocenters. The number of urea groups is 1. The van der Waals surface area contributed by atoms with Crippen LogP contribution in [0.3, 0.4) is 0 Å². The highest BCUT2D eigenvalue weighted by molar-refractivity contribution is 5.76. The molecule has 0 aromatic heterocycles. The van der Waals surface area contributed by atoms with E-state index in [9.17, 15) is 9.59 Å². The number of ether oxygens (including phenoxy) is 2. The second-order valence-corrected chi connectivity index (χ2v) is 6.51. The molecule has 1 aromatic rings. The molecule has 0 bridgehead atoms. The number of benzene rings is 1. The number of nitrogens with two attached hydrogens (primary N) is 1. The van der Waals surface area contributed by atoms with Crippen LogP contribution in [0, 0.1) is 0 Å². The molecule has 2 heterocycles. The Kier molecular flexibility index (Phi) is 5.28. The average molecular weight is 348 g/mol. The molecular formula is C17H24N4O4. The van der Waals surface area contributed by atoms with Crippen molar-refractivity contribution in [2.75, 3.05) is 33.5 Å². The molecule has 2 aliphatic rings. The minimum Gasteiger partial charge on any atom is -0.454 e. The summed E-state index contributed by atoms with van der Waals surface area (Å²) in [5.41, 5.74) is 6.20. The molecule has 0 aliphatic carbocycles. The number of carbonyl (C=O) groups is 2. The summed E-state index contributed by atoms with van der Waals surface area (Å²) in [5.74, 6) is 1.14. The van der Waals surface area contributed by atoms with Gasteiger partial charge in [0.1, 0.15) is 0 Å². The number of piperidine rings is 1. The van der Waals surface area contributed by atoms with E-state index in [0.717, 1.165) is 37.2 Å². The third-order valence-corrected chi connectivity index (χ3v) is 4.50. The Labute approximate surface area is 146 Å². The molecule has 8 nitrogen and oxygen atoms in total. The maximum Gasteiger partial charge on any atom is 0.317 e. The Morgan fingerprint density at radius 2 is 2.00 bits per heavy atom. The summed E-state index contributed by atoms with van der Waals surface area (Å²) in [6, 6.07) is 5.70. The first-order valence-corrected chi connectivity index (χ1v) is 8.42. The fraction of sp³-hybridized carbons (Fsp3) is 0.529. The molecule has 3 amide bonds. The van der Waals surface area contributed by atoms with Crippen molar-refractivity contribution in [3.05, 3.63) is 23.8 Å². The van der Waals surface area contributed by atoms with E-state index in [1.165, 1.54) is 0 Å². The molecular weight excluding hydrogens is 324 g/mol. The highest BCUT2D eigenvalue weighted by Crippen LogP contribution is 2.32.